The summed E-state index contributed by atoms with van der Waals surface area (Å²) in [6.45, 7) is 5.42. The molecule has 0 bridgehead atoms. The number of benzene rings is 2. The van der Waals surface area contributed by atoms with Crippen molar-refractivity contribution in [3.63, 3.8) is 0 Å². The summed E-state index contributed by atoms with van der Waals surface area (Å²) in [5.41, 5.74) is 0.883. The van der Waals surface area contributed by atoms with Gasteiger partial charge in [-0.3, -0.25) is 9.59 Å². The van der Waals surface area contributed by atoms with Gasteiger partial charge in [0.15, 0.2) is 6.61 Å². The predicted octanol–water partition coefficient (Wildman–Crippen LogP) is 3.91. The Morgan fingerprint density at radius 3 is 2.43 bits per heavy atom. The molecule has 0 aliphatic rings. The number of nitrogens with one attached hydrogen (secondary N) is 1. The van der Waals surface area contributed by atoms with Crippen molar-refractivity contribution < 1.29 is 18.7 Å². The molecule has 1 N–H and O–H groups in total. The number of hydrogen-bond acceptors (Lipinski definition) is 3. The zero-order chi connectivity index (χ0) is 20.7. The van der Waals surface area contributed by atoms with Gasteiger partial charge in [0.2, 0.25) is 5.91 Å². The highest BCUT2D eigenvalue weighted by Gasteiger charge is 2.26. The Balaban J connectivity index is 2.14. The average molecular weight is 451 g/mol. The lowest BCUT2D eigenvalue weighted by Crippen LogP contribution is -2.50. The van der Waals surface area contributed by atoms with Crippen LogP contribution in [-0.4, -0.2) is 35.4 Å². The van der Waals surface area contributed by atoms with Gasteiger partial charge in [-0.2, -0.15) is 0 Å². The van der Waals surface area contributed by atoms with Gasteiger partial charge in [-0.05, 0) is 62.7 Å². The summed E-state index contributed by atoms with van der Waals surface area (Å²) in [5, 5.41) is 2.83. The molecule has 0 radical (unpaired) electrons. The second kappa shape index (κ2) is 10.2. The van der Waals surface area contributed by atoms with Gasteiger partial charge in [0.25, 0.3) is 5.91 Å². The molecule has 2 rings (SSSR count). The zero-order valence-electron chi connectivity index (χ0n) is 16.1. The van der Waals surface area contributed by atoms with E-state index in [4.69, 9.17) is 4.74 Å². The topological polar surface area (TPSA) is 58.6 Å². The molecule has 5 nitrogen and oxygen atoms in total. The van der Waals surface area contributed by atoms with Crippen molar-refractivity contribution in [1.82, 2.24) is 10.2 Å². The number of halogens is 2. The van der Waals surface area contributed by atoms with E-state index in [9.17, 15) is 14.0 Å². The SMILES string of the molecule is CC(C)NC(=O)C(C)N(Cc1cccc(Br)c1)C(=O)COc1ccc(F)cc1. The Bertz CT molecular complexity index is 812. The fraction of sp³-hybridized carbons (Fsp3) is 0.333. The first-order chi connectivity index (χ1) is 13.3. The van der Waals surface area contributed by atoms with Gasteiger partial charge in [0, 0.05) is 17.1 Å². The highest BCUT2D eigenvalue weighted by Crippen LogP contribution is 2.16. The van der Waals surface area contributed by atoms with Crippen LogP contribution in [0.2, 0.25) is 0 Å². The van der Waals surface area contributed by atoms with E-state index in [1.165, 1.54) is 29.2 Å². The van der Waals surface area contributed by atoms with Gasteiger partial charge < -0.3 is 15.0 Å². The number of carbonyl (C=O) groups is 2. The van der Waals surface area contributed by atoms with Crippen LogP contribution in [0, 0.1) is 5.82 Å². The molecule has 150 valence electrons. The van der Waals surface area contributed by atoms with Crippen molar-refractivity contribution in [2.45, 2.75) is 39.4 Å². The molecule has 28 heavy (non-hydrogen) atoms. The molecular formula is C21H24BrFN2O3. The zero-order valence-corrected chi connectivity index (χ0v) is 17.7. The molecule has 0 saturated carbocycles. The van der Waals surface area contributed by atoms with E-state index < -0.39 is 6.04 Å². The molecule has 0 fully saturated rings. The third-order valence-electron chi connectivity index (χ3n) is 4.02. The summed E-state index contributed by atoms with van der Waals surface area (Å²) in [4.78, 5) is 26.8. The lowest BCUT2D eigenvalue weighted by molar-refractivity contribution is -0.142. The minimum atomic E-state index is -0.675. The molecule has 0 aromatic heterocycles. The number of rotatable bonds is 8. The minimum Gasteiger partial charge on any atom is -0.484 e. The van der Waals surface area contributed by atoms with Crippen LogP contribution in [0.4, 0.5) is 4.39 Å². The normalized spacial score (nSPS) is 11.8. The summed E-state index contributed by atoms with van der Waals surface area (Å²) in [5.74, 6) is -0.568. The minimum absolute atomic E-state index is 0.0340. The molecule has 7 heteroatoms. The number of hydrogen-bond donors (Lipinski definition) is 1. The third kappa shape index (κ3) is 6.64. The van der Waals surface area contributed by atoms with Crippen LogP contribution in [-0.2, 0) is 16.1 Å². The van der Waals surface area contributed by atoms with Gasteiger partial charge in [0.05, 0.1) is 0 Å². The molecule has 2 aromatic rings. The lowest BCUT2D eigenvalue weighted by Gasteiger charge is -2.29. The Labute approximate surface area is 173 Å². The molecule has 2 aromatic carbocycles. The van der Waals surface area contributed by atoms with Crippen LogP contribution < -0.4 is 10.1 Å². The van der Waals surface area contributed by atoms with E-state index in [-0.39, 0.29) is 36.8 Å². The summed E-state index contributed by atoms with van der Waals surface area (Å²) in [6.07, 6.45) is 0. The third-order valence-corrected chi connectivity index (χ3v) is 4.51. The average Bonchev–Trinajstić information content (AvgIpc) is 2.64. The molecule has 0 aliphatic carbocycles. The lowest BCUT2D eigenvalue weighted by atomic mass is 10.1. The van der Waals surface area contributed by atoms with Crippen LogP contribution in [0.1, 0.15) is 26.3 Å². The van der Waals surface area contributed by atoms with E-state index in [0.717, 1.165) is 10.0 Å². The maximum atomic E-state index is 13.0. The van der Waals surface area contributed by atoms with E-state index >= 15 is 0 Å². The Kier molecular flexibility index (Phi) is 7.99. The maximum Gasteiger partial charge on any atom is 0.261 e. The largest absolute Gasteiger partial charge is 0.484 e. The van der Waals surface area contributed by atoms with E-state index in [1.807, 2.05) is 38.1 Å². The quantitative estimate of drug-likeness (QED) is 0.662. The van der Waals surface area contributed by atoms with Crippen molar-refractivity contribution in [1.29, 1.82) is 0 Å². The predicted molar refractivity (Wildman–Crippen MR) is 109 cm³/mol. The van der Waals surface area contributed by atoms with Gasteiger partial charge in [-0.25, -0.2) is 4.39 Å². The van der Waals surface area contributed by atoms with Gasteiger partial charge >= 0.3 is 0 Å². The van der Waals surface area contributed by atoms with E-state index in [2.05, 4.69) is 21.2 Å². The highest BCUT2D eigenvalue weighted by molar-refractivity contribution is 9.10. The monoisotopic (exact) mass is 450 g/mol. The highest BCUT2D eigenvalue weighted by atomic mass is 79.9. The Hall–Kier alpha value is -2.41. The first kappa shape index (κ1) is 21.9. The molecule has 1 unspecified atom stereocenters. The van der Waals surface area contributed by atoms with Crippen LogP contribution in [0.25, 0.3) is 0 Å². The van der Waals surface area contributed by atoms with Crippen LogP contribution >= 0.6 is 15.9 Å². The number of ether oxygens (including phenoxy) is 1. The van der Waals surface area contributed by atoms with E-state index in [0.29, 0.717) is 5.75 Å². The molecule has 0 heterocycles. The second-order valence-electron chi connectivity index (χ2n) is 6.73. The van der Waals surface area contributed by atoms with Gasteiger partial charge in [-0.1, -0.05) is 28.1 Å². The van der Waals surface area contributed by atoms with E-state index in [1.54, 1.807) is 6.92 Å². The summed E-state index contributed by atoms with van der Waals surface area (Å²) >= 11 is 3.42. The molecule has 1 atom stereocenters. The summed E-state index contributed by atoms with van der Waals surface area (Å²) in [7, 11) is 0. The Morgan fingerprint density at radius 1 is 1.14 bits per heavy atom. The second-order valence-corrected chi connectivity index (χ2v) is 7.65. The van der Waals surface area contributed by atoms with Crippen LogP contribution in [0.3, 0.4) is 0 Å². The molecule has 0 saturated heterocycles. The molecule has 0 aliphatic heterocycles. The first-order valence-electron chi connectivity index (χ1n) is 8.99. The van der Waals surface area contributed by atoms with Gasteiger partial charge in [0.1, 0.15) is 17.6 Å². The fourth-order valence-corrected chi connectivity index (χ4v) is 3.03. The van der Waals surface area contributed by atoms with Crippen molar-refractivity contribution in [3.05, 3.63) is 64.4 Å². The number of amides is 2. The molecule has 0 spiro atoms. The van der Waals surface area contributed by atoms with Crippen molar-refractivity contribution in [3.8, 4) is 5.75 Å². The first-order valence-corrected chi connectivity index (χ1v) is 9.78. The number of carbonyl (C=O) groups excluding carboxylic acids is 2. The Morgan fingerprint density at radius 2 is 1.82 bits per heavy atom. The van der Waals surface area contributed by atoms with Crippen molar-refractivity contribution in [2.24, 2.45) is 0 Å². The maximum absolute atomic E-state index is 13.0. The fourth-order valence-electron chi connectivity index (χ4n) is 2.58. The molecule has 2 amide bonds. The van der Waals surface area contributed by atoms with Crippen molar-refractivity contribution in [2.75, 3.05) is 6.61 Å². The van der Waals surface area contributed by atoms with Crippen LogP contribution in [0.15, 0.2) is 53.0 Å². The summed E-state index contributed by atoms with van der Waals surface area (Å²) < 4.78 is 19.4. The summed E-state index contributed by atoms with van der Waals surface area (Å²) in [6, 6.07) is 12.3. The van der Waals surface area contributed by atoms with Gasteiger partial charge in [-0.15, -0.1) is 0 Å². The number of nitrogens with zero attached hydrogens (tertiary/aromatic N) is 1. The molecular weight excluding hydrogens is 427 g/mol. The van der Waals surface area contributed by atoms with Crippen molar-refractivity contribution >= 4 is 27.7 Å². The smallest absolute Gasteiger partial charge is 0.261 e. The van der Waals surface area contributed by atoms with Crippen LogP contribution in [0.5, 0.6) is 5.75 Å². The standard InChI is InChI=1S/C21H24BrFN2O3/c1-14(2)24-21(27)15(3)25(12-16-5-4-6-17(22)11-16)20(26)13-28-19-9-7-18(23)8-10-19/h4-11,14-15H,12-13H2,1-3H3,(H,24,27).